The van der Waals surface area contributed by atoms with Crippen molar-refractivity contribution in [3.05, 3.63) is 0 Å². The normalized spacial score (nSPS) is 29.2. The van der Waals surface area contributed by atoms with Crippen LogP contribution in [0.4, 0.5) is 0 Å². The molecule has 1 saturated heterocycles. The van der Waals surface area contributed by atoms with Gasteiger partial charge in [0, 0.05) is 0 Å². The van der Waals surface area contributed by atoms with Crippen LogP contribution in [0.2, 0.25) is 0 Å². The van der Waals surface area contributed by atoms with Crippen LogP contribution in [0.15, 0.2) is 0 Å². The molecule has 1 fully saturated rings. The summed E-state index contributed by atoms with van der Waals surface area (Å²) >= 11 is 0. The minimum atomic E-state index is -0.513. The Morgan fingerprint density at radius 2 is 2.08 bits per heavy atom. The lowest BCUT2D eigenvalue weighted by Crippen LogP contribution is -2.43. The van der Waals surface area contributed by atoms with Gasteiger partial charge in [-0.05, 0) is 27.7 Å². The molecule has 1 unspecified atom stereocenters. The van der Waals surface area contributed by atoms with Crippen LogP contribution in [0, 0.1) is 0 Å². The van der Waals surface area contributed by atoms with Crippen molar-refractivity contribution in [1.82, 2.24) is 0 Å². The Morgan fingerprint density at radius 1 is 1.50 bits per heavy atom. The van der Waals surface area contributed by atoms with Crippen molar-refractivity contribution in [2.75, 3.05) is 6.61 Å². The minimum Gasteiger partial charge on any atom is -0.348 e. The Balaban J connectivity index is 2.58. The minimum absolute atomic E-state index is 0.0995. The zero-order valence-electron chi connectivity index (χ0n) is 8.09. The van der Waals surface area contributed by atoms with Crippen molar-refractivity contribution in [3.8, 4) is 0 Å². The summed E-state index contributed by atoms with van der Waals surface area (Å²) in [6, 6.07) is 0. The van der Waals surface area contributed by atoms with E-state index in [0.29, 0.717) is 6.61 Å². The molecule has 1 atom stereocenters. The van der Waals surface area contributed by atoms with Crippen molar-refractivity contribution in [2.24, 2.45) is 5.90 Å². The van der Waals surface area contributed by atoms with Gasteiger partial charge in [0.1, 0.15) is 11.7 Å². The molecule has 2 N–H and O–H groups in total. The van der Waals surface area contributed by atoms with Gasteiger partial charge >= 0.3 is 0 Å². The van der Waals surface area contributed by atoms with Crippen molar-refractivity contribution in [3.63, 3.8) is 0 Å². The first-order chi connectivity index (χ1) is 5.37. The van der Waals surface area contributed by atoms with E-state index in [-0.39, 0.29) is 6.10 Å². The summed E-state index contributed by atoms with van der Waals surface area (Å²) in [6.07, 6.45) is -0.0995. The summed E-state index contributed by atoms with van der Waals surface area (Å²) in [4.78, 5) is 4.81. The second-order valence-electron chi connectivity index (χ2n) is 4.04. The molecule has 4 heteroatoms. The summed E-state index contributed by atoms with van der Waals surface area (Å²) in [5.41, 5.74) is -0.492. The Labute approximate surface area is 72.9 Å². The summed E-state index contributed by atoms with van der Waals surface area (Å²) in [5.74, 6) is 4.63. The smallest absolute Gasteiger partial charge is 0.163 e. The van der Waals surface area contributed by atoms with Crippen LogP contribution in [0.25, 0.3) is 0 Å². The summed E-state index contributed by atoms with van der Waals surface area (Å²) in [7, 11) is 0. The molecule has 0 spiro atoms. The van der Waals surface area contributed by atoms with Crippen LogP contribution in [-0.2, 0) is 14.3 Å². The molecule has 1 heterocycles. The molecule has 1 rings (SSSR count). The van der Waals surface area contributed by atoms with Gasteiger partial charge in [0.2, 0.25) is 0 Å². The van der Waals surface area contributed by atoms with E-state index in [1.54, 1.807) is 0 Å². The molecule has 0 bridgehead atoms. The van der Waals surface area contributed by atoms with Crippen LogP contribution < -0.4 is 5.90 Å². The standard InChI is InChI=1S/C8H17NO3/c1-7(2,12-9)6-5-10-8(3,4)11-6/h6H,5,9H2,1-4H3. The summed E-state index contributed by atoms with van der Waals surface area (Å²) in [6.45, 7) is 8.03. The SMILES string of the molecule is CC1(C)OCC(C(C)(C)ON)O1. The lowest BCUT2D eigenvalue weighted by molar-refractivity contribution is -0.175. The van der Waals surface area contributed by atoms with Gasteiger partial charge in [0.15, 0.2) is 5.79 Å². The molecule has 0 radical (unpaired) electrons. The number of hydrogen-bond donors (Lipinski definition) is 1. The molecule has 1 aliphatic rings. The zero-order chi connectivity index (χ0) is 9.41. The lowest BCUT2D eigenvalue weighted by Gasteiger charge is -2.28. The van der Waals surface area contributed by atoms with E-state index in [0.717, 1.165) is 0 Å². The van der Waals surface area contributed by atoms with Crippen LogP contribution in [-0.4, -0.2) is 24.1 Å². The highest BCUT2D eigenvalue weighted by atomic mass is 16.8. The van der Waals surface area contributed by atoms with Crippen LogP contribution in [0.3, 0.4) is 0 Å². The monoisotopic (exact) mass is 175 g/mol. The largest absolute Gasteiger partial charge is 0.348 e. The first kappa shape index (κ1) is 9.92. The van der Waals surface area contributed by atoms with E-state index in [4.69, 9.17) is 20.2 Å². The Kier molecular flexibility index (Phi) is 2.45. The highest BCUT2D eigenvalue weighted by Crippen LogP contribution is 2.29. The predicted molar refractivity (Wildman–Crippen MR) is 44.3 cm³/mol. The molecule has 4 nitrogen and oxygen atoms in total. The van der Waals surface area contributed by atoms with Gasteiger partial charge in [0.05, 0.1) is 6.61 Å². The summed E-state index contributed by atoms with van der Waals surface area (Å²) < 4.78 is 11.0. The number of rotatable bonds is 2. The van der Waals surface area contributed by atoms with Crippen molar-refractivity contribution < 1.29 is 14.3 Å². The zero-order valence-corrected chi connectivity index (χ0v) is 8.09. The third kappa shape index (κ3) is 1.95. The third-order valence-electron chi connectivity index (χ3n) is 2.09. The van der Waals surface area contributed by atoms with Gasteiger partial charge in [-0.1, -0.05) is 0 Å². The average Bonchev–Trinajstić information content (AvgIpc) is 2.31. The van der Waals surface area contributed by atoms with Gasteiger partial charge in [-0.3, -0.25) is 4.84 Å². The molecule has 72 valence electrons. The van der Waals surface area contributed by atoms with Gasteiger partial charge in [0.25, 0.3) is 0 Å². The van der Waals surface area contributed by atoms with E-state index in [1.165, 1.54) is 0 Å². The second-order valence-corrected chi connectivity index (χ2v) is 4.04. The van der Waals surface area contributed by atoms with Crippen LogP contribution in [0.5, 0.6) is 0 Å². The maximum atomic E-state index is 5.58. The maximum Gasteiger partial charge on any atom is 0.163 e. The van der Waals surface area contributed by atoms with E-state index in [1.807, 2.05) is 27.7 Å². The molecular weight excluding hydrogens is 158 g/mol. The van der Waals surface area contributed by atoms with Crippen molar-refractivity contribution in [1.29, 1.82) is 0 Å². The fourth-order valence-corrected chi connectivity index (χ4v) is 1.11. The van der Waals surface area contributed by atoms with Gasteiger partial charge in [-0.15, -0.1) is 0 Å². The van der Waals surface area contributed by atoms with E-state index < -0.39 is 11.4 Å². The quantitative estimate of drug-likeness (QED) is 0.631. The molecule has 0 amide bonds. The second kappa shape index (κ2) is 2.96. The lowest BCUT2D eigenvalue weighted by atomic mass is 10.0. The average molecular weight is 175 g/mol. The highest BCUT2D eigenvalue weighted by Gasteiger charge is 2.42. The van der Waals surface area contributed by atoms with E-state index >= 15 is 0 Å². The van der Waals surface area contributed by atoms with Gasteiger partial charge in [-0.2, -0.15) is 0 Å². The molecular formula is C8H17NO3. The topological polar surface area (TPSA) is 53.7 Å². The Hall–Kier alpha value is -0.160. The van der Waals surface area contributed by atoms with Crippen molar-refractivity contribution >= 4 is 0 Å². The molecule has 1 aliphatic heterocycles. The van der Waals surface area contributed by atoms with Crippen LogP contribution in [0.1, 0.15) is 27.7 Å². The van der Waals surface area contributed by atoms with E-state index in [2.05, 4.69) is 0 Å². The predicted octanol–water partition coefficient (Wildman–Crippen LogP) is 0.807. The third-order valence-corrected chi connectivity index (χ3v) is 2.09. The Morgan fingerprint density at radius 3 is 2.42 bits per heavy atom. The Bertz CT molecular complexity index is 168. The van der Waals surface area contributed by atoms with Crippen molar-refractivity contribution in [2.45, 2.75) is 45.2 Å². The van der Waals surface area contributed by atoms with E-state index in [9.17, 15) is 0 Å². The molecule has 0 aliphatic carbocycles. The number of hydrogen-bond acceptors (Lipinski definition) is 4. The first-order valence-corrected chi connectivity index (χ1v) is 4.07. The fourth-order valence-electron chi connectivity index (χ4n) is 1.11. The number of nitrogens with two attached hydrogens (primary N) is 1. The van der Waals surface area contributed by atoms with Crippen LogP contribution >= 0.6 is 0 Å². The highest BCUT2D eigenvalue weighted by molar-refractivity contribution is 4.85. The maximum absolute atomic E-state index is 5.58. The van der Waals surface area contributed by atoms with Gasteiger partial charge < -0.3 is 9.47 Å². The summed E-state index contributed by atoms with van der Waals surface area (Å²) in [5, 5.41) is 0. The number of ether oxygens (including phenoxy) is 2. The first-order valence-electron chi connectivity index (χ1n) is 4.07. The molecule has 0 aromatic heterocycles. The molecule has 0 aromatic rings. The molecule has 0 saturated carbocycles. The molecule has 0 aromatic carbocycles. The molecule has 12 heavy (non-hydrogen) atoms. The fraction of sp³-hybridized carbons (Fsp3) is 1.00. The van der Waals surface area contributed by atoms with Gasteiger partial charge in [-0.25, -0.2) is 5.90 Å².